The summed E-state index contributed by atoms with van der Waals surface area (Å²) < 4.78 is 13.6. The largest absolute Gasteiger partial charge is 0.396 e. The fourth-order valence-electron chi connectivity index (χ4n) is 1.86. The van der Waals surface area contributed by atoms with Gasteiger partial charge in [-0.15, -0.1) is 0 Å². The van der Waals surface area contributed by atoms with Crippen LogP contribution in [-0.4, -0.2) is 11.0 Å². The van der Waals surface area contributed by atoms with Gasteiger partial charge < -0.3 is 16.2 Å². The van der Waals surface area contributed by atoms with Crippen LogP contribution < -0.4 is 11.1 Å². The Kier molecular flexibility index (Phi) is 4.93. The van der Waals surface area contributed by atoms with Crippen LogP contribution >= 0.6 is 15.9 Å². The van der Waals surface area contributed by atoms with Crippen LogP contribution in [0.4, 0.5) is 10.1 Å². The summed E-state index contributed by atoms with van der Waals surface area (Å²) in [5.74, 6) is -0.933. The summed E-state index contributed by atoms with van der Waals surface area (Å²) >= 11 is 3.14. The molecule has 0 spiro atoms. The lowest BCUT2D eigenvalue weighted by Crippen LogP contribution is -2.23. The Morgan fingerprint density at radius 2 is 2.00 bits per heavy atom. The summed E-state index contributed by atoms with van der Waals surface area (Å²) in [6, 6.07) is 9.69. The highest BCUT2D eigenvalue weighted by molar-refractivity contribution is 9.10. The Balaban J connectivity index is 2.10. The fraction of sp³-hybridized carbons (Fsp3) is 0.133. The number of nitrogen functional groups attached to an aromatic ring is 1. The molecule has 0 aliphatic rings. The molecule has 0 bridgehead atoms. The van der Waals surface area contributed by atoms with Crippen molar-refractivity contribution in [2.24, 2.45) is 0 Å². The van der Waals surface area contributed by atoms with Crippen LogP contribution in [0.2, 0.25) is 0 Å². The maximum atomic E-state index is 13.2. The summed E-state index contributed by atoms with van der Waals surface area (Å²) in [6.45, 7) is 0.248. The number of aliphatic hydroxyl groups is 1. The van der Waals surface area contributed by atoms with E-state index in [0.717, 1.165) is 17.2 Å². The molecule has 1 amide bonds. The van der Waals surface area contributed by atoms with Crippen LogP contribution in [0.15, 0.2) is 40.9 Å². The van der Waals surface area contributed by atoms with E-state index in [0.29, 0.717) is 11.0 Å². The molecule has 0 saturated carbocycles. The van der Waals surface area contributed by atoms with Gasteiger partial charge in [0.1, 0.15) is 5.82 Å². The topological polar surface area (TPSA) is 75.4 Å². The molecular formula is C15H14BrFN2O2. The van der Waals surface area contributed by atoms with Crippen molar-refractivity contribution in [2.75, 3.05) is 5.73 Å². The van der Waals surface area contributed by atoms with Crippen molar-refractivity contribution in [1.82, 2.24) is 5.32 Å². The van der Waals surface area contributed by atoms with Crippen LogP contribution in [0.25, 0.3) is 0 Å². The number of amides is 1. The van der Waals surface area contributed by atoms with Crippen molar-refractivity contribution in [3.63, 3.8) is 0 Å². The van der Waals surface area contributed by atoms with Crippen molar-refractivity contribution in [3.8, 4) is 0 Å². The molecule has 4 nitrogen and oxygen atoms in total. The molecule has 0 atom stereocenters. The first kappa shape index (κ1) is 15.5. The highest BCUT2D eigenvalue weighted by Crippen LogP contribution is 2.22. The molecule has 2 aromatic carbocycles. The molecule has 0 unspecified atom stereocenters. The number of hydrogen-bond acceptors (Lipinski definition) is 3. The van der Waals surface area contributed by atoms with E-state index in [4.69, 9.17) is 10.8 Å². The second kappa shape index (κ2) is 6.69. The highest BCUT2D eigenvalue weighted by Gasteiger charge is 2.13. The van der Waals surface area contributed by atoms with Gasteiger partial charge in [-0.1, -0.05) is 24.3 Å². The third-order valence-corrected chi connectivity index (χ3v) is 3.61. The van der Waals surface area contributed by atoms with Crippen molar-refractivity contribution in [1.29, 1.82) is 0 Å². The maximum absolute atomic E-state index is 13.2. The Hall–Kier alpha value is -1.92. The molecule has 21 heavy (non-hydrogen) atoms. The van der Waals surface area contributed by atoms with E-state index in [1.54, 1.807) is 18.2 Å². The Labute approximate surface area is 129 Å². The van der Waals surface area contributed by atoms with Crippen molar-refractivity contribution >= 4 is 27.5 Å². The number of halogens is 2. The second-order valence-corrected chi connectivity index (χ2v) is 5.37. The predicted octanol–water partition coefficient (Wildman–Crippen LogP) is 2.59. The normalized spacial score (nSPS) is 10.4. The van der Waals surface area contributed by atoms with Gasteiger partial charge in [0.2, 0.25) is 0 Å². The lowest BCUT2D eigenvalue weighted by molar-refractivity contribution is 0.0950. The molecule has 0 aliphatic heterocycles. The van der Waals surface area contributed by atoms with Crippen LogP contribution in [0.5, 0.6) is 0 Å². The number of nitrogens with two attached hydrogens (primary N) is 1. The molecular weight excluding hydrogens is 339 g/mol. The molecule has 0 fully saturated rings. The lowest BCUT2D eigenvalue weighted by atomic mass is 10.1. The van der Waals surface area contributed by atoms with Gasteiger partial charge in [-0.3, -0.25) is 4.79 Å². The molecule has 0 saturated heterocycles. The van der Waals surface area contributed by atoms with E-state index in [1.807, 2.05) is 6.07 Å². The smallest absolute Gasteiger partial charge is 0.252 e. The number of aliphatic hydroxyl groups excluding tert-OH is 1. The van der Waals surface area contributed by atoms with Gasteiger partial charge in [-0.05, 0) is 39.2 Å². The molecule has 0 radical (unpaired) electrons. The SMILES string of the molecule is Nc1cc(C(=O)NCc2cccc(CO)c2)c(Br)cc1F. The zero-order valence-corrected chi connectivity index (χ0v) is 12.7. The van der Waals surface area contributed by atoms with Gasteiger partial charge in [0.15, 0.2) is 0 Å². The average Bonchev–Trinajstić information content (AvgIpc) is 2.48. The van der Waals surface area contributed by atoms with Gasteiger partial charge in [-0.25, -0.2) is 4.39 Å². The van der Waals surface area contributed by atoms with Crippen molar-refractivity contribution in [3.05, 3.63) is 63.4 Å². The predicted molar refractivity (Wildman–Crippen MR) is 82.0 cm³/mol. The Bertz CT molecular complexity index is 677. The zero-order valence-electron chi connectivity index (χ0n) is 11.1. The number of benzene rings is 2. The Morgan fingerprint density at radius 1 is 1.29 bits per heavy atom. The van der Waals surface area contributed by atoms with Crippen LogP contribution in [-0.2, 0) is 13.2 Å². The minimum absolute atomic E-state index is 0.0537. The lowest BCUT2D eigenvalue weighted by Gasteiger charge is -2.09. The third kappa shape index (κ3) is 3.80. The van der Waals surface area contributed by atoms with E-state index in [-0.39, 0.29) is 23.8 Å². The first-order chi connectivity index (χ1) is 10.0. The van der Waals surface area contributed by atoms with Gasteiger partial charge in [-0.2, -0.15) is 0 Å². The minimum Gasteiger partial charge on any atom is -0.396 e. The van der Waals surface area contributed by atoms with Gasteiger partial charge in [0.25, 0.3) is 5.91 Å². The molecule has 0 heterocycles. The molecule has 110 valence electrons. The Morgan fingerprint density at radius 3 is 2.71 bits per heavy atom. The van der Waals surface area contributed by atoms with E-state index >= 15 is 0 Å². The van der Waals surface area contributed by atoms with E-state index < -0.39 is 5.82 Å². The first-order valence-corrected chi connectivity index (χ1v) is 7.02. The summed E-state index contributed by atoms with van der Waals surface area (Å²) in [4.78, 5) is 12.1. The second-order valence-electron chi connectivity index (χ2n) is 4.51. The highest BCUT2D eigenvalue weighted by atomic mass is 79.9. The maximum Gasteiger partial charge on any atom is 0.252 e. The number of carbonyl (C=O) groups is 1. The number of nitrogens with one attached hydrogen (secondary N) is 1. The molecule has 0 aliphatic carbocycles. The zero-order chi connectivity index (χ0) is 15.4. The van der Waals surface area contributed by atoms with Gasteiger partial charge in [0, 0.05) is 11.0 Å². The molecule has 0 aromatic heterocycles. The summed E-state index contributed by atoms with van der Waals surface area (Å²) in [6.07, 6.45) is 0. The van der Waals surface area contributed by atoms with Crippen LogP contribution in [0.1, 0.15) is 21.5 Å². The third-order valence-electron chi connectivity index (χ3n) is 2.96. The summed E-state index contributed by atoms with van der Waals surface area (Å²) in [5.41, 5.74) is 7.30. The van der Waals surface area contributed by atoms with Crippen molar-refractivity contribution in [2.45, 2.75) is 13.2 Å². The van der Waals surface area contributed by atoms with Crippen LogP contribution in [0.3, 0.4) is 0 Å². The minimum atomic E-state index is -0.575. The van der Waals surface area contributed by atoms with Crippen LogP contribution in [0, 0.1) is 5.82 Å². The number of anilines is 1. The number of carbonyl (C=O) groups excluding carboxylic acids is 1. The summed E-state index contributed by atoms with van der Waals surface area (Å²) in [7, 11) is 0. The molecule has 2 aromatic rings. The molecule has 6 heteroatoms. The number of hydrogen-bond donors (Lipinski definition) is 3. The molecule has 4 N–H and O–H groups in total. The number of rotatable bonds is 4. The first-order valence-electron chi connectivity index (χ1n) is 6.22. The van der Waals surface area contributed by atoms with Gasteiger partial charge >= 0.3 is 0 Å². The van der Waals surface area contributed by atoms with E-state index in [1.165, 1.54) is 6.07 Å². The molecule has 2 rings (SSSR count). The van der Waals surface area contributed by atoms with Crippen molar-refractivity contribution < 1.29 is 14.3 Å². The van der Waals surface area contributed by atoms with E-state index in [9.17, 15) is 9.18 Å². The van der Waals surface area contributed by atoms with E-state index in [2.05, 4.69) is 21.2 Å². The monoisotopic (exact) mass is 352 g/mol. The van der Waals surface area contributed by atoms with Gasteiger partial charge in [0.05, 0.1) is 17.9 Å². The summed E-state index contributed by atoms with van der Waals surface area (Å²) in [5, 5.41) is 11.8. The fourth-order valence-corrected chi connectivity index (χ4v) is 2.35. The standard InChI is InChI=1S/C15H14BrFN2O2/c16-12-6-13(17)14(18)5-11(12)15(21)19-7-9-2-1-3-10(4-9)8-20/h1-6,20H,7-8,18H2,(H,19,21). The quantitative estimate of drug-likeness (QED) is 0.740. The average molecular weight is 353 g/mol.